The molecule has 3 aromatic rings. The van der Waals surface area contributed by atoms with Crippen LogP contribution in [0, 0.1) is 11.7 Å². The molecule has 0 bridgehead atoms. The van der Waals surface area contributed by atoms with E-state index in [0.29, 0.717) is 23.0 Å². The molecule has 6 nitrogen and oxygen atoms in total. The van der Waals surface area contributed by atoms with Crippen LogP contribution in [0.15, 0.2) is 30.5 Å². The Morgan fingerprint density at radius 1 is 1.35 bits per heavy atom. The van der Waals surface area contributed by atoms with Crippen LogP contribution in [-0.4, -0.2) is 58.8 Å². The van der Waals surface area contributed by atoms with Crippen LogP contribution < -0.4 is 4.90 Å². The molecule has 1 atom stereocenters. The average molecular weight is 356 g/mol. The number of aromatic nitrogens is 4. The number of anilines is 1. The monoisotopic (exact) mass is 356 g/mol. The van der Waals surface area contributed by atoms with Gasteiger partial charge in [0.05, 0.1) is 5.69 Å². The Balaban J connectivity index is 0.00000210. The van der Waals surface area contributed by atoms with Gasteiger partial charge < -0.3 is 9.80 Å². The molecule has 0 aliphatic carbocycles. The van der Waals surface area contributed by atoms with Crippen molar-refractivity contribution in [3.05, 3.63) is 36.3 Å². The quantitative estimate of drug-likeness (QED) is 0.778. The first-order valence-corrected chi connectivity index (χ1v) is 8.97. The molecule has 0 saturated carbocycles. The number of hydrogen-bond donors (Lipinski definition) is 1. The van der Waals surface area contributed by atoms with Crippen LogP contribution >= 0.6 is 0 Å². The van der Waals surface area contributed by atoms with Gasteiger partial charge in [-0.15, -0.1) is 0 Å². The van der Waals surface area contributed by atoms with Crippen molar-refractivity contribution in [1.82, 2.24) is 25.1 Å². The third-order valence-electron chi connectivity index (χ3n) is 4.86. The molecule has 1 N–H and O–H groups in total. The van der Waals surface area contributed by atoms with Gasteiger partial charge in [-0.05, 0) is 57.1 Å². The fourth-order valence-electron chi connectivity index (χ4n) is 3.75. The summed E-state index contributed by atoms with van der Waals surface area (Å²) in [5, 5.41) is 7.83. The summed E-state index contributed by atoms with van der Waals surface area (Å²) in [6, 6.07) is 6.96. The predicted octanol–water partition coefficient (Wildman–Crippen LogP) is 3.18. The summed E-state index contributed by atoms with van der Waals surface area (Å²) in [4.78, 5) is 13.3. The van der Waals surface area contributed by atoms with E-state index >= 15 is 0 Å². The molecule has 4 heterocycles. The molecule has 1 aliphatic rings. The van der Waals surface area contributed by atoms with Crippen LogP contribution in [0.25, 0.3) is 22.4 Å². The zero-order chi connectivity index (χ0) is 18.1. The molecule has 1 aliphatic heterocycles. The third-order valence-corrected chi connectivity index (χ3v) is 4.86. The van der Waals surface area contributed by atoms with Crippen molar-refractivity contribution in [3.8, 4) is 11.4 Å². The van der Waals surface area contributed by atoms with Gasteiger partial charge in [0.1, 0.15) is 11.5 Å². The number of fused-ring (bicyclic) bond motifs is 1. The van der Waals surface area contributed by atoms with Crippen molar-refractivity contribution >= 4 is 16.9 Å². The summed E-state index contributed by atoms with van der Waals surface area (Å²) in [5.41, 5.74) is 1.44. The second-order valence-corrected chi connectivity index (χ2v) is 7.19. The summed E-state index contributed by atoms with van der Waals surface area (Å²) in [7, 11) is 4.20. The van der Waals surface area contributed by atoms with Crippen LogP contribution in [0.3, 0.4) is 0 Å². The minimum atomic E-state index is -0.356. The van der Waals surface area contributed by atoms with Gasteiger partial charge in [0.15, 0.2) is 11.5 Å². The first kappa shape index (κ1) is 16.9. The Morgan fingerprint density at radius 3 is 3.08 bits per heavy atom. The lowest BCUT2D eigenvalue weighted by molar-refractivity contribution is 0.291. The zero-order valence-electron chi connectivity index (χ0n) is 15.1. The van der Waals surface area contributed by atoms with E-state index in [-0.39, 0.29) is 7.24 Å². The van der Waals surface area contributed by atoms with Crippen LogP contribution in [0.1, 0.15) is 14.3 Å². The van der Waals surface area contributed by atoms with E-state index in [1.807, 2.05) is 12.1 Å². The van der Waals surface area contributed by atoms with Crippen molar-refractivity contribution in [1.29, 1.82) is 0 Å². The molecule has 4 rings (SSSR count). The highest BCUT2D eigenvalue weighted by molar-refractivity contribution is 5.89. The van der Waals surface area contributed by atoms with Crippen molar-refractivity contribution in [2.75, 3.05) is 38.6 Å². The van der Waals surface area contributed by atoms with E-state index in [9.17, 15) is 4.39 Å². The predicted molar refractivity (Wildman–Crippen MR) is 103 cm³/mol. The zero-order valence-corrected chi connectivity index (χ0v) is 15.1. The molecule has 26 heavy (non-hydrogen) atoms. The van der Waals surface area contributed by atoms with Crippen LogP contribution in [0.4, 0.5) is 10.2 Å². The van der Waals surface area contributed by atoms with Gasteiger partial charge >= 0.3 is 0 Å². The number of aromatic amines is 1. The summed E-state index contributed by atoms with van der Waals surface area (Å²) in [5.74, 6) is 1.06. The lowest BCUT2D eigenvalue weighted by Gasteiger charge is -2.35. The number of piperidine rings is 1. The van der Waals surface area contributed by atoms with Gasteiger partial charge in [0.2, 0.25) is 0 Å². The molecule has 1 unspecified atom stereocenters. The van der Waals surface area contributed by atoms with Crippen LogP contribution in [0.2, 0.25) is 0 Å². The first-order valence-electron chi connectivity index (χ1n) is 8.97. The Labute approximate surface area is 153 Å². The number of H-pyrrole nitrogens is 1. The van der Waals surface area contributed by atoms with Crippen molar-refractivity contribution in [2.45, 2.75) is 12.8 Å². The number of nitrogens with one attached hydrogen (secondary N) is 1. The fourth-order valence-corrected chi connectivity index (χ4v) is 3.75. The third kappa shape index (κ3) is 3.26. The van der Waals surface area contributed by atoms with Crippen molar-refractivity contribution in [2.24, 2.45) is 5.92 Å². The minimum absolute atomic E-state index is 0. The van der Waals surface area contributed by atoms with E-state index in [4.69, 9.17) is 0 Å². The maximum absolute atomic E-state index is 14.5. The van der Waals surface area contributed by atoms with Gasteiger partial charge in [-0.3, -0.25) is 5.10 Å². The summed E-state index contributed by atoms with van der Waals surface area (Å²) in [6.07, 6.45) is 4.02. The normalized spacial score (nSPS) is 18.0. The highest BCUT2D eigenvalue weighted by atomic mass is 19.1. The minimum Gasteiger partial charge on any atom is -0.356 e. The topological polar surface area (TPSA) is 60.9 Å². The van der Waals surface area contributed by atoms with Crippen molar-refractivity contribution in [3.63, 3.8) is 0 Å². The highest BCUT2D eigenvalue weighted by Crippen LogP contribution is 2.29. The molecule has 138 valence electrons. The van der Waals surface area contributed by atoms with Crippen LogP contribution in [-0.2, 0) is 0 Å². The van der Waals surface area contributed by atoms with E-state index in [1.54, 1.807) is 12.3 Å². The Kier molecular flexibility index (Phi) is 4.55. The number of pyridine rings is 2. The van der Waals surface area contributed by atoms with E-state index in [0.717, 1.165) is 37.3 Å². The lowest BCUT2D eigenvalue weighted by Crippen LogP contribution is -2.39. The molecule has 0 aromatic carbocycles. The summed E-state index contributed by atoms with van der Waals surface area (Å²) >= 11 is 0. The van der Waals surface area contributed by atoms with Gasteiger partial charge in [-0.2, -0.15) is 5.10 Å². The van der Waals surface area contributed by atoms with Crippen LogP contribution in [0.5, 0.6) is 0 Å². The Morgan fingerprint density at radius 2 is 2.23 bits per heavy atom. The SMILES string of the molecule is CN(C)CC1CCCN(c2ccc(F)c(-c3[nH]nc4ncccc34)n2)C1.[HH]. The molecule has 1 saturated heterocycles. The van der Waals surface area contributed by atoms with Gasteiger partial charge in [0, 0.05) is 32.6 Å². The van der Waals surface area contributed by atoms with Gasteiger partial charge in [0.25, 0.3) is 0 Å². The van der Waals surface area contributed by atoms with E-state index in [2.05, 4.69) is 44.1 Å². The highest BCUT2D eigenvalue weighted by Gasteiger charge is 2.23. The molecular formula is C19H25FN6. The van der Waals surface area contributed by atoms with E-state index in [1.165, 1.54) is 12.5 Å². The Hall–Kier alpha value is -2.54. The largest absolute Gasteiger partial charge is 0.356 e. The fraction of sp³-hybridized carbons (Fsp3) is 0.421. The number of hydrogen-bond acceptors (Lipinski definition) is 5. The summed E-state index contributed by atoms with van der Waals surface area (Å²) in [6.45, 7) is 2.95. The summed E-state index contributed by atoms with van der Waals surface area (Å²) < 4.78 is 14.5. The molecule has 3 aromatic heterocycles. The lowest BCUT2D eigenvalue weighted by atomic mass is 9.97. The van der Waals surface area contributed by atoms with Gasteiger partial charge in [-0.25, -0.2) is 14.4 Å². The maximum atomic E-state index is 14.5. The molecule has 0 radical (unpaired) electrons. The number of nitrogens with zero attached hydrogens (tertiary/aromatic N) is 5. The average Bonchev–Trinajstić information content (AvgIpc) is 3.06. The number of halogens is 1. The second-order valence-electron chi connectivity index (χ2n) is 7.19. The Bertz CT molecular complexity index is 912. The molecule has 1 fully saturated rings. The first-order chi connectivity index (χ1) is 12.6. The molecular weight excluding hydrogens is 331 g/mol. The maximum Gasteiger partial charge on any atom is 0.181 e. The molecule has 0 spiro atoms. The second kappa shape index (κ2) is 6.99. The standard InChI is InChI=1S/C19H23FN6.H2/c1-25(2)11-13-5-4-10-26(12-13)16-8-7-15(20)18(22-16)17-14-6-3-9-21-19(14)24-23-17;/h3,6-9,13H,4-5,10-12H2,1-2H3,(H,21,23,24);1H. The van der Waals surface area contributed by atoms with E-state index < -0.39 is 0 Å². The smallest absolute Gasteiger partial charge is 0.181 e. The number of rotatable bonds is 4. The molecule has 7 heteroatoms. The molecule has 0 amide bonds. The van der Waals surface area contributed by atoms with Gasteiger partial charge in [-0.1, -0.05) is 0 Å². The van der Waals surface area contributed by atoms with Crippen molar-refractivity contribution < 1.29 is 5.82 Å².